The molecular weight excluding hydrogens is 294 g/mol. The fourth-order valence-corrected chi connectivity index (χ4v) is 2.47. The Kier molecular flexibility index (Phi) is 9.80. The van der Waals surface area contributed by atoms with E-state index in [2.05, 4.69) is 19.2 Å². The number of aliphatic hydroxyl groups excluding tert-OH is 2. The predicted molar refractivity (Wildman–Crippen MR) is 83.5 cm³/mol. The van der Waals surface area contributed by atoms with E-state index in [4.69, 9.17) is 21.1 Å². The lowest BCUT2D eigenvalue weighted by Crippen LogP contribution is -2.39. The van der Waals surface area contributed by atoms with Gasteiger partial charge in [0.2, 0.25) is 0 Å². The van der Waals surface area contributed by atoms with E-state index in [1.54, 1.807) is 0 Å². The lowest BCUT2D eigenvalue weighted by atomic mass is 10.1. The van der Waals surface area contributed by atoms with E-state index in [-0.39, 0.29) is 0 Å². The molecule has 5 nitrogen and oxygen atoms in total. The van der Waals surface area contributed by atoms with Gasteiger partial charge in [0.15, 0.2) is 6.29 Å². The molecule has 1 aliphatic heterocycles. The van der Waals surface area contributed by atoms with E-state index in [1.165, 1.54) is 0 Å². The van der Waals surface area contributed by atoms with Crippen LogP contribution in [-0.2, 0) is 9.47 Å². The van der Waals surface area contributed by atoms with Crippen LogP contribution in [0.4, 0.5) is 0 Å². The Balaban J connectivity index is 2.17. The van der Waals surface area contributed by atoms with Gasteiger partial charge in [-0.3, -0.25) is 0 Å². The van der Waals surface area contributed by atoms with Crippen LogP contribution in [-0.4, -0.2) is 60.4 Å². The molecule has 126 valence electrons. The van der Waals surface area contributed by atoms with Crippen molar-refractivity contribution in [2.75, 3.05) is 25.6 Å². The summed E-state index contributed by atoms with van der Waals surface area (Å²) in [6, 6.07) is 0. The summed E-state index contributed by atoms with van der Waals surface area (Å²) >= 11 is 5.61. The second-order valence-electron chi connectivity index (χ2n) is 6.05. The zero-order valence-electron chi connectivity index (χ0n) is 13.1. The number of rotatable bonds is 11. The topological polar surface area (TPSA) is 71.0 Å². The Bertz CT molecular complexity index is 268. The van der Waals surface area contributed by atoms with Gasteiger partial charge >= 0.3 is 0 Å². The monoisotopic (exact) mass is 323 g/mol. The van der Waals surface area contributed by atoms with Crippen molar-refractivity contribution in [2.24, 2.45) is 5.92 Å². The summed E-state index contributed by atoms with van der Waals surface area (Å²) in [5.74, 6) is 1.23. The Morgan fingerprint density at radius 3 is 2.52 bits per heavy atom. The molecule has 0 radical (unpaired) electrons. The Hall–Kier alpha value is 0.0900. The highest BCUT2D eigenvalue weighted by atomic mass is 35.5. The summed E-state index contributed by atoms with van der Waals surface area (Å²) in [4.78, 5) is 0. The highest BCUT2D eigenvalue weighted by Crippen LogP contribution is 2.22. The van der Waals surface area contributed by atoms with Crippen LogP contribution in [0, 0.1) is 5.92 Å². The maximum absolute atomic E-state index is 9.96. The van der Waals surface area contributed by atoms with Crippen molar-refractivity contribution in [2.45, 2.75) is 64.1 Å². The average Bonchev–Trinajstić information content (AvgIpc) is 2.71. The predicted octanol–water partition coefficient (Wildman–Crippen LogP) is 1.49. The molecule has 0 aromatic rings. The van der Waals surface area contributed by atoms with Gasteiger partial charge in [-0.2, -0.15) is 0 Å². The van der Waals surface area contributed by atoms with Crippen LogP contribution < -0.4 is 5.32 Å². The Morgan fingerprint density at radius 1 is 1.14 bits per heavy atom. The number of halogens is 1. The zero-order valence-corrected chi connectivity index (χ0v) is 13.9. The molecule has 6 heteroatoms. The minimum absolute atomic E-state index is 0.417. The van der Waals surface area contributed by atoms with E-state index in [1.807, 2.05) is 0 Å². The molecule has 0 aromatic carbocycles. The van der Waals surface area contributed by atoms with E-state index in [0.29, 0.717) is 24.9 Å². The van der Waals surface area contributed by atoms with Crippen molar-refractivity contribution in [3.8, 4) is 0 Å². The standard InChI is InChI=1S/C15H30ClNO4/c1-11(2)9-17-10-12-13(18)14(19)15(21-12)20-8-6-4-3-5-7-16/h11-15,17-19H,3-10H2,1-2H3/t12-,13-,14+,15-/m1/s1. The number of nitrogens with one attached hydrogen (secondary N) is 1. The van der Waals surface area contributed by atoms with Crippen LogP contribution in [0.5, 0.6) is 0 Å². The molecule has 1 fully saturated rings. The summed E-state index contributed by atoms with van der Waals surface area (Å²) in [7, 11) is 0. The molecule has 0 aliphatic carbocycles. The highest BCUT2D eigenvalue weighted by molar-refractivity contribution is 6.17. The lowest BCUT2D eigenvalue weighted by molar-refractivity contribution is -0.165. The molecule has 1 rings (SSSR count). The molecule has 1 heterocycles. The number of hydrogen-bond donors (Lipinski definition) is 3. The van der Waals surface area contributed by atoms with Gasteiger partial charge in [0.1, 0.15) is 18.3 Å². The van der Waals surface area contributed by atoms with Crippen molar-refractivity contribution < 1.29 is 19.7 Å². The molecular formula is C15H30ClNO4. The molecule has 0 saturated carbocycles. The van der Waals surface area contributed by atoms with Crippen LogP contribution in [0.3, 0.4) is 0 Å². The van der Waals surface area contributed by atoms with Crippen LogP contribution in [0.1, 0.15) is 39.5 Å². The third-order valence-corrected chi connectivity index (χ3v) is 3.79. The molecule has 0 aromatic heterocycles. The first kappa shape index (κ1) is 19.1. The van der Waals surface area contributed by atoms with E-state index >= 15 is 0 Å². The quantitative estimate of drug-likeness (QED) is 0.397. The van der Waals surface area contributed by atoms with Gasteiger partial charge < -0.3 is 25.0 Å². The second kappa shape index (κ2) is 10.8. The second-order valence-corrected chi connectivity index (χ2v) is 6.43. The van der Waals surface area contributed by atoms with Gasteiger partial charge in [0, 0.05) is 19.0 Å². The molecule has 21 heavy (non-hydrogen) atoms. The zero-order chi connectivity index (χ0) is 15.7. The largest absolute Gasteiger partial charge is 0.387 e. The fraction of sp³-hybridized carbons (Fsp3) is 1.00. The fourth-order valence-electron chi connectivity index (χ4n) is 2.28. The van der Waals surface area contributed by atoms with Crippen molar-refractivity contribution in [1.29, 1.82) is 0 Å². The van der Waals surface area contributed by atoms with Gasteiger partial charge in [-0.05, 0) is 25.3 Å². The van der Waals surface area contributed by atoms with E-state index in [0.717, 1.165) is 32.2 Å². The summed E-state index contributed by atoms with van der Waals surface area (Å²) in [6.07, 6.45) is 1.06. The summed E-state index contributed by atoms with van der Waals surface area (Å²) in [6.45, 7) is 6.14. The smallest absolute Gasteiger partial charge is 0.186 e. The van der Waals surface area contributed by atoms with E-state index < -0.39 is 24.6 Å². The normalized spacial score (nSPS) is 29.4. The lowest BCUT2D eigenvalue weighted by Gasteiger charge is -2.16. The maximum Gasteiger partial charge on any atom is 0.186 e. The van der Waals surface area contributed by atoms with Gasteiger partial charge in [-0.15, -0.1) is 11.6 Å². The van der Waals surface area contributed by atoms with Crippen LogP contribution >= 0.6 is 11.6 Å². The first-order valence-electron chi connectivity index (χ1n) is 7.96. The molecule has 4 atom stereocenters. The SMILES string of the molecule is CC(C)CNC[C@H]1O[C@@H](OCCCCCCCl)[C@@H](O)[C@@H]1O. The maximum atomic E-state index is 9.96. The minimum Gasteiger partial charge on any atom is -0.387 e. The average molecular weight is 324 g/mol. The van der Waals surface area contributed by atoms with Gasteiger partial charge in [-0.25, -0.2) is 0 Å². The van der Waals surface area contributed by atoms with Crippen LogP contribution in [0.15, 0.2) is 0 Å². The molecule has 0 spiro atoms. The molecule has 0 amide bonds. The summed E-state index contributed by atoms with van der Waals surface area (Å²) in [5.41, 5.74) is 0. The first-order chi connectivity index (χ1) is 10.1. The number of hydrogen-bond acceptors (Lipinski definition) is 5. The molecule has 0 bridgehead atoms. The third-order valence-electron chi connectivity index (χ3n) is 3.53. The summed E-state index contributed by atoms with van der Waals surface area (Å²) < 4.78 is 11.1. The number of alkyl halides is 1. The number of aliphatic hydroxyl groups is 2. The molecule has 1 aliphatic rings. The third kappa shape index (κ3) is 7.26. The number of ether oxygens (including phenoxy) is 2. The van der Waals surface area contributed by atoms with E-state index in [9.17, 15) is 10.2 Å². The van der Waals surface area contributed by atoms with Crippen LogP contribution in [0.2, 0.25) is 0 Å². The summed E-state index contributed by atoms with van der Waals surface area (Å²) in [5, 5.41) is 23.1. The Morgan fingerprint density at radius 2 is 1.86 bits per heavy atom. The molecule has 3 N–H and O–H groups in total. The van der Waals surface area contributed by atoms with Crippen molar-refractivity contribution in [3.05, 3.63) is 0 Å². The van der Waals surface area contributed by atoms with Crippen molar-refractivity contribution in [3.63, 3.8) is 0 Å². The highest BCUT2D eigenvalue weighted by Gasteiger charge is 2.42. The van der Waals surface area contributed by atoms with Crippen LogP contribution in [0.25, 0.3) is 0 Å². The van der Waals surface area contributed by atoms with Gasteiger partial charge in [-0.1, -0.05) is 26.7 Å². The van der Waals surface area contributed by atoms with Crippen molar-refractivity contribution >= 4 is 11.6 Å². The van der Waals surface area contributed by atoms with Crippen molar-refractivity contribution in [1.82, 2.24) is 5.32 Å². The Labute approximate surface area is 133 Å². The minimum atomic E-state index is -0.973. The molecule has 1 saturated heterocycles. The number of unbranched alkanes of at least 4 members (excludes halogenated alkanes) is 3. The first-order valence-corrected chi connectivity index (χ1v) is 8.49. The van der Waals surface area contributed by atoms with Gasteiger partial charge in [0.25, 0.3) is 0 Å². The van der Waals surface area contributed by atoms with Gasteiger partial charge in [0.05, 0.1) is 0 Å². The molecule has 0 unspecified atom stereocenters.